The van der Waals surface area contributed by atoms with Crippen LogP contribution in [0.4, 0.5) is 0 Å². The van der Waals surface area contributed by atoms with Gasteiger partial charge < -0.3 is 31.9 Å². The molecule has 0 radical (unpaired) electrons. The number of rotatable bonds is 11. The van der Waals surface area contributed by atoms with Crippen molar-refractivity contribution in [1.29, 1.82) is 0 Å². The molecule has 0 spiro atoms. The molecule has 7 N–H and O–H groups in total. The molecule has 0 rings (SSSR count). The Balaban J connectivity index is 4.85. The number of carbonyl (C=O) groups is 4. The van der Waals surface area contributed by atoms with Gasteiger partial charge in [0.15, 0.2) is 0 Å². The normalized spacial score (nSPS) is 16.5. The number of hydrogen-bond acceptors (Lipinski definition) is 7. The number of carboxylic acids is 1. The minimum atomic E-state index is -1.30. The summed E-state index contributed by atoms with van der Waals surface area (Å²) in [5.74, 6) is -2.73. The zero-order valence-electron chi connectivity index (χ0n) is 15.3. The summed E-state index contributed by atoms with van der Waals surface area (Å²) in [6.07, 6.45) is 0.834. The third kappa shape index (κ3) is 8.50. The third-order valence-corrected chi connectivity index (χ3v) is 4.10. The SMILES string of the molecule is CSCCC(NC(=O)C(C)NC(=O)C(NC(=O)C(C)N)C(C)O)C(=O)O. The van der Waals surface area contributed by atoms with Gasteiger partial charge in [0.25, 0.3) is 0 Å². The Morgan fingerprint density at radius 2 is 1.58 bits per heavy atom. The highest BCUT2D eigenvalue weighted by Gasteiger charge is 2.30. The second kappa shape index (κ2) is 11.7. The van der Waals surface area contributed by atoms with Gasteiger partial charge >= 0.3 is 5.97 Å². The van der Waals surface area contributed by atoms with E-state index in [1.165, 1.54) is 32.5 Å². The van der Waals surface area contributed by atoms with Crippen LogP contribution in [0.2, 0.25) is 0 Å². The Labute approximate surface area is 156 Å². The van der Waals surface area contributed by atoms with Gasteiger partial charge in [0.1, 0.15) is 18.1 Å². The van der Waals surface area contributed by atoms with Crippen molar-refractivity contribution in [3.8, 4) is 0 Å². The second-order valence-corrected chi connectivity index (χ2v) is 6.91. The summed E-state index contributed by atoms with van der Waals surface area (Å²) in [6, 6.07) is -4.31. The fraction of sp³-hybridized carbons (Fsp3) is 0.733. The Hall–Kier alpha value is -1.85. The van der Waals surface area contributed by atoms with E-state index >= 15 is 0 Å². The van der Waals surface area contributed by atoms with Gasteiger partial charge in [-0.15, -0.1) is 0 Å². The molecule has 5 atom stereocenters. The number of thioether (sulfide) groups is 1. The van der Waals surface area contributed by atoms with Crippen LogP contribution in [-0.4, -0.2) is 76.2 Å². The molecule has 10 nitrogen and oxygen atoms in total. The summed E-state index contributed by atoms with van der Waals surface area (Å²) < 4.78 is 0. The standard InChI is InChI=1S/C15H28N4O6S/c1-7(16)12(21)19-11(9(3)20)14(23)17-8(2)13(22)18-10(15(24)25)5-6-26-4/h7-11,20H,5-6,16H2,1-4H3,(H,17,23)(H,18,22)(H,19,21)(H,24,25). The van der Waals surface area contributed by atoms with Crippen molar-refractivity contribution in [3.63, 3.8) is 0 Å². The molecule has 0 saturated heterocycles. The Bertz CT molecular complexity index is 514. The van der Waals surface area contributed by atoms with Gasteiger partial charge in [0.2, 0.25) is 17.7 Å². The molecular formula is C15H28N4O6S. The second-order valence-electron chi connectivity index (χ2n) is 5.93. The van der Waals surface area contributed by atoms with Crippen molar-refractivity contribution in [2.24, 2.45) is 5.73 Å². The zero-order valence-corrected chi connectivity index (χ0v) is 16.1. The highest BCUT2D eigenvalue weighted by Crippen LogP contribution is 2.02. The molecule has 5 unspecified atom stereocenters. The van der Waals surface area contributed by atoms with Gasteiger partial charge in [-0.3, -0.25) is 14.4 Å². The van der Waals surface area contributed by atoms with Gasteiger partial charge in [-0.2, -0.15) is 11.8 Å². The maximum atomic E-state index is 12.2. The number of amides is 3. The minimum absolute atomic E-state index is 0.240. The molecule has 26 heavy (non-hydrogen) atoms. The van der Waals surface area contributed by atoms with Crippen LogP contribution in [0.3, 0.4) is 0 Å². The predicted octanol–water partition coefficient (Wildman–Crippen LogP) is -1.97. The zero-order chi connectivity index (χ0) is 20.4. The van der Waals surface area contributed by atoms with Gasteiger partial charge in [-0.25, -0.2) is 4.79 Å². The van der Waals surface area contributed by atoms with Crippen LogP contribution in [0.25, 0.3) is 0 Å². The first-order valence-electron chi connectivity index (χ1n) is 8.07. The van der Waals surface area contributed by atoms with Crippen molar-refractivity contribution < 1.29 is 29.4 Å². The van der Waals surface area contributed by atoms with E-state index < -0.39 is 54.0 Å². The van der Waals surface area contributed by atoms with E-state index in [2.05, 4.69) is 16.0 Å². The molecule has 11 heteroatoms. The van der Waals surface area contributed by atoms with Crippen molar-refractivity contribution in [2.45, 2.75) is 57.5 Å². The molecule has 0 aliphatic heterocycles. The van der Waals surface area contributed by atoms with Crippen LogP contribution < -0.4 is 21.7 Å². The van der Waals surface area contributed by atoms with Gasteiger partial charge in [0.05, 0.1) is 12.1 Å². The molecule has 0 aromatic rings. The average molecular weight is 392 g/mol. The van der Waals surface area contributed by atoms with E-state index in [1.807, 2.05) is 6.26 Å². The van der Waals surface area contributed by atoms with Crippen molar-refractivity contribution in [1.82, 2.24) is 16.0 Å². The summed E-state index contributed by atoms with van der Waals surface area (Å²) in [6.45, 7) is 4.09. The number of aliphatic hydroxyl groups excluding tert-OH is 1. The largest absolute Gasteiger partial charge is 0.480 e. The highest BCUT2D eigenvalue weighted by atomic mass is 32.2. The fourth-order valence-corrected chi connectivity index (χ4v) is 2.32. The van der Waals surface area contributed by atoms with Crippen LogP contribution in [0.5, 0.6) is 0 Å². The Morgan fingerprint density at radius 3 is 2.00 bits per heavy atom. The lowest BCUT2D eigenvalue weighted by Gasteiger charge is -2.24. The Kier molecular flexibility index (Phi) is 10.9. The molecule has 150 valence electrons. The lowest BCUT2D eigenvalue weighted by atomic mass is 10.1. The quantitative estimate of drug-likeness (QED) is 0.235. The first kappa shape index (κ1) is 24.1. The molecule has 0 fully saturated rings. The summed E-state index contributed by atoms with van der Waals surface area (Å²) in [4.78, 5) is 47.1. The minimum Gasteiger partial charge on any atom is -0.480 e. The maximum Gasteiger partial charge on any atom is 0.326 e. The van der Waals surface area contributed by atoms with E-state index in [0.717, 1.165) is 0 Å². The van der Waals surface area contributed by atoms with Crippen LogP contribution in [0.15, 0.2) is 0 Å². The smallest absolute Gasteiger partial charge is 0.326 e. The van der Waals surface area contributed by atoms with Gasteiger partial charge in [0, 0.05) is 0 Å². The third-order valence-electron chi connectivity index (χ3n) is 3.45. The first-order chi connectivity index (χ1) is 12.0. The molecule has 0 aromatic carbocycles. The monoisotopic (exact) mass is 392 g/mol. The lowest BCUT2D eigenvalue weighted by molar-refractivity contribution is -0.142. The summed E-state index contributed by atoms with van der Waals surface area (Å²) in [5.41, 5.74) is 5.41. The first-order valence-corrected chi connectivity index (χ1v) is 9.47. The molecule has 0 bridgehead atoms. The number of aliphatic carboxylic acids is 1. The molecule has 0 aromatic heterocycles. The van der Waals surface area contributed by atoms with Gasteiger partial charge in [-0.1, -0.05) is 0 Å². The molecule has 0 saturated carbocycles. The van der Waals surface area contributed by atoms with E-state index in [0.29, 0.717) is 5.75 Å². The van der Waals surface area contributed by atoms with Crippen LogP contribution in [-0.2, 0) is 19.2 Å². The predicted molar refractivity (Wildman–Crippen MR) is 97.4 cm³/mol. The summed E-state index contributed by atoms with van der Waals surface area (Å²) in [5, 5.41) is 25.8. The number of carbonyl (C=O) groups excluding carboxylic acids is 3. The number of nitrogens with one attached hydrogen (secondary N) is 3. The van der Waals surface area contributed by atoms with E-state index in [4.69, 9.17) is 10.8 Å². The van der Waals surface area contributed by atoms with Crippen molar-refractivity contribution in [2.75, 3.05) is 12.0 Å². The van der Waals surface area contributed by atoms with Crippen LogP contribution in [0.1, 0.15) is 27.2 Å². The van der Waals surface area contributed by atoms with Crippen molar-refractivity contribution in [3.05, 3.63) is 0 Å². The number of hydrogen-bond donors (Lipinski definition) is 6. The molecule has 3 amide bonds. The van der Waals surface area contributed by atoms with Crippen LogP contribution >= 0.6 is 11.8 Å². The maximum absolute atomic E-state index is 12.2. The molecular weight excluding hydrogens is 364 g/mol. The van der Waals surface area contributed by atoms with E-state index in [9.17, 15) is 24.3 Å². The van der Waals surface area contributed by atoms with Crippen LogP contribution in [0, 0.1) is 0 Å². The molecule has 0 aliphatic carbocycles. The molecule has 0 heterocycles. The van der Waals surface area contributed by atoms with Gasteiger partial charge in [-0.05, 0) is 39.2 Å². The highest BCUT2D eigenvalue weighted by molar-refractivity contribution is 7.98. The van der Waals surface area contributed by atoms with Crippen molar-refractivity contribution >= 4 is 35.5 Å². The topological polar surface area (TPSA) is 171 Å². The Morgan fingerprint density at radius 1 is 1.00 bits per heavy atom. The lowest BCUT2D eigenvalue weighted by Crippen LogP contribution is -2.58. The summed E-state index contributed by atoms with van der Waals surface area (Å²) in [7, 11) is 0. The number of nitrogens with two attached hydrogens (primary N) is 1. The number of carboxylic acid groups (broad SMARTS) is 1. The van der Waals surface area contributed by atoms with E-state index in [1.54, 1.807) is 0 Å². The average Bonchev–Trinajstić information content (AvgIpc) is 2.54. The fourth-order valence-electron chi connectivity index (χ4n) is 1.85. The van der Waals surface area contributed by atoms with E-state index in [-0.39, 0.29) is 6.42 Å². The summed E-state index contributed by atoms with van der Waals surface area (Å²) >= 11 is 1.45. The number of aliphatic hydroxyl groups is 1. The molecule has 0 aliphatic rings.